The van der Waals surface area contributed by atoms with E-state index in [1.165, 1.54) is 13.8 Å². The van der Waals surface area contributed by atoms with Gasteiger partial charge < -0.3 is 0 Å². The summed E-state index contributed by atoms with van der Waals surface area (Å²) >= 11 is 0. The maximum absolute atomic E-state index is 10.4. The summed E-state index contributed by atoms with van der Waals surface area (Å²) in [6.45, 7) is 4.46. The van der Waals surface area contributed by atoms with Gasteiger partial charge in [0.1, 0.15) is 11.6 Å². The molecule has 0 heterocycles. The second-order valence-electron chi connectivity index (χ2n) is 1.94. The van der Waals surface area contributed by atoms with Crippen LogP contribution in [0.25, 0.3) is 0 Å². The van der Waals surface area contributed by atoms with Crippen LogP contribution in [0.3, 0.4) is 0 Å². The second-order valence-corrected chi connectivity index (χ2v) is 1.94. The summed E-state index contributed by atoms with van der Waals surface area (Å²) in [5.41, 5.74) is 0. The summed E-state index contributed by atoms with van der Waals surface area (Å²) in [5.74, 6) is -0.523. The Balaban J connectivity index is 0. The molecule has 0 bridgehead atoms. The third kappa shape index (κ3) is 4.82. The van der Waals surface area contributed by atoms with Gasteiger partial charge in [0.25, 0.3) is 0 Å². The third-order valence-corrected chi connectivity index (χ3v) is 1.22. The first-order valence-corrected chi connectivity index (χ1v) is 2.56. The second kappa shape index (κ2) is 5.15. The van der Waals surface area contributed by atoms with E-state index in [4.69, 9.17) is 0 Å². The summed E-state index contributed by atoms with van der Waals surface area (Å²) in [4.78, 5) is 20.7. The Morgan fingerprint density at radius 3 is 1.33 bits per heavy atom. The predicted octanol–water partition coefficient (Wildman–Crippen LogP) is -2.20. The minimum Gasteiger partial charge on any atom is -0.299 e. The number of Topliss-reactive ketones (excluding diaryl/α,β-unsaturated/α-hetero) is 2. The van der Waals surface area contributed by atoms with Crippen LogP contribution in [0.2, 0.25) is 0 Å². The first kappa shape index (κ1) is 12.1. The largest absolute Gasteiger partial charge is 1.00 e. The van der Waals surface area contributed by atoms with E-state index in [0.29, 0.717) is 0 Å². The standard InChI is InChI=1S/C6H10O2.Na/c1-4(5(2)7)6(3)8;/h4H,1-3H3;/q;+1. The minimum atomic E-state index is -0.407. The molecular weight excluding hydrogens is 127 g/mol. The van der Waals surface area contributed by atoms with E-state index in [1.54, 1.807) is 6.92 Å². The Labute approximate surface area is 77.3 Å². The average Bonchev–Trinajstić information content (AvgIpc) is 1.64. The van der Waals surface area contributed by atoms with Crippen molar-refractivity contribution in [3.63, 3.8) is 0 Å². The Hall–Kier alpha value is 0.340. The fraction of sp³-hybridized carbons (Fsp3) is 0.667. The van der Waals surface area contributed by atoms with Gasteiger partial charge in [0.15, 0.2) is 0 Å². The van der Waals surface area contributed by atoms with Crippen LogP contribution in [0.1, 0.15) is 20.8 Å². The van der Waals surface area contributed by atoms with E-state index in [0.717, 1.165) is 0 Å². The molecule has 0 fully saturated rings. The van der Waals surface area contributed by atoms with Gasteiger partial charge in [-0.3, -0.25) is 9.59 Å². The van der Waals surface area contributed by atoms with Crippen molar-refractivity contribution in [2.24, 2.45) is 5.92 Å². The topological polar surface area (TPSA) is 34.1 Å². The van der Waals surface area contributed by atoms with Crippen LogP contribution in [0.5, 0.6) is 0 Å². The van der Waals surface area contributed by atoms with E-state index >= 15 is 0 Å². The molecule has 0 unspecified atom stereocenters. The van der Waals surface area contributed by atoms with Crippen LogP contribution in [0.4, 0.5) is 0 Å². The van der Waals surface area contributed by atoms with Crippen molar-refractivity contribution < 1.29 is 39.1 Å². The number of hydrogen-bond donors (Lipinski definition) is 0. The Morgan fingerprint density at radius 1 is 1.11 bits per heavy atom. The summed E-state index contributed by atoms with van der Waals surface area (Å²) in [6, 6.07) is 0. The molecule has 0 saturated heterocycles. The van der Waals surface area contributed by atoms with Crippen LogP contribution >= 0.6 is 0 Å². The van der Waals surface area contributed by atoms with Crippen molar-refractivity contribution in [3.8, 4) is 0 Å². The van der Waals surface area contributed by atoms with Gasteiger partial charge in [0, 0.05) is 0 Å². The molecule has 0 aliphatic carbocycles. The van der Waals surface area contributed by atoms with Crippen molar-refractivity contribution >= 4 is 11.6 Å². The zero-order valence-electron chi connectivity index (χ0n) is 6.39. The zero-order chi connectivity index (χ0) is 6.73. The molecular formula is C6H10NaO2+. The first-order valence-electron chi connectivity index (χ1n) is 2.56. The van der Waals surface area contributed by atoms with Crippen molar-refractivity contribution in [1.82, 2.24) is 0 Å². The Kier molecular flexibility index (Phi) is 6.90. The van der Waals surface area contributed by atoms with Crippen molar-refractivity contribution in [3.05, 3.63) is 0 Å². The van der Waals surface area contributed by atoms with Gasteiger partial charge in [-0.05, 0) is 20.8 Å². The smallest absolute Gasteiger partial charge is 0.299 e. The van der Waals surface area contributed by atoms with E-state index in [2.05, 4.69) is 0 Å². The SMILES string of the molecule is CC(=O)C(C)C(C)=O.[Na+]. The molecule has 0 aromatic carbocycles. The van der Waals surface area contributed by atoms with Gasteiger partial charge >= 0.3 is 29.6 Å². The van der Waals surface area contributed by atoms with Crippen molar-refractivity contribution in [2.45, 2.75) is 20.8 Å². The number of carbonyl (C=O) groups is 2. The fourth-order valence-corrected chi connectivity index (χ4v) is 0.286. The molecule has 0 aromatic rings. The molecule has 2 nitrogen and oxygen atoms in total. The summed E-state index contributed by atoms with van der Waals surface area (Å²) in [7, 11) is 0. The maximum Gasteiger partial charge on any atom is 1.00 e. The summed E-state index contributed by atoms with van der Waals surface area (Å²) in [5, 5.41) is 0. The summed E-state index contributed by atoms with van der Waals surface area (Å²) in [6.07, 6.45) is 0. The van der Waals surface area contributed by atoms with E-state index in [1.807, 2.05) is 0 Å². The molecule has 0 N–H and O–H groups in total. The molecule has 0 aliphatic heterocycles. The van der Waals surface area contributed by atoms with Crippen molar-refractivity contribution in [2.75, 3.05) is 0 Å². The fourth-order valence-electron chi connectivity index (χ4n) is 0.286. The van der Waals surface area contributed by atoms with E-state index in [-0.39, 0.29) is 41.1 Å². The van der Waals surface area contributed by atoms with Gasteiger partial charge in [-0.1, -0.05) is 0 Å². The molecule has 0 spiro atoms. The molecule has 0 amide bonds. The quantitative estimate of drug-likeness (QED) is 0.320. The maximum atomic E-state index is 10.4. The number of rotatable bonds is 2. The van der Waals surface area contributed by atoms with Gasteiger partial charge in [0.05, 0.1) is 5.92 Å². The van der Waals surface area contributed by atoms with Crippen LogP contribution in [0, 0.1) is 5.92 Å². The first-order chi connectivity index (χ1) is 3.55. The molecule has 0 atom stereocenters. The predicted molar refractivity (Wildman–Crippen MR) is 30.5 cm³/mol. The molecule has 0 saturated carbocycles. The monoisotopic (exact) mass is 137 g/mol. The third-order valence-electron chi connectivity index (χ3n) is 1.22. The summed E-state index contributed by atoms with van der Waals surface area (Å²) < 4.78 is 0. The van der Waals surface area contributed by atoms with Crippen LogP contribution < -0.4 is 29.6 Å². The molecule has 3 heteroatoms. The van der Waals surface area contributed by atoms with Crippen LogP contribution in [0.15, 0.2) is 0 Å². The van der Waals surface area contributed by atoms with Crippen LogP contribution in [-0.2, 0) is 9.59 Å². The molecule has 0 rings (SSSR count). The van der Waals surface area contributed by atoms with E-state index < -0.39 is 5.92 Å². The van der Waals surface area contributed by atoms with Gasteiger partial charge in [-0.15, -0.1) is 0 Å². The zero-order valence-corrected chi connectivity index (χ0v) is 8.39. The molecule has 9 heavy (non-hydrogen) atoms. The molecule has 0 radical (unpaired) electrons. The number of hydrogen-bond acceptors (Lipinski definition) is 2. The molecule has 0 aliphatic rings. The van der Waals surface area contributed by atoms with E-state index in [9.17, 15) is 9.59 Å². The molecule has 46 valence electrons. The number of ketones is 2. The van der Waals surface area contributed by atoms with Gasteiger partial charge in [-0.25, -0.2) is 0 Å². The van der Waals surface area contributed by atoms with Gasteiger partial charge in [0.2, 0.25) is 0 Å². The average molecular weight is 137 g/mol. The van der Waals surface area contributed by atoms with Crippen molar-refractivity contribution in [1.29, 1.82) is 0 Å². The minimum absolute atomic E-state index is 0. The normalized spacial score (nSPS) is 8.44. The Bertz CT molecular complexity index is 106. The number of carbonyl (C=O) groups excluding carboxylic acids is 2. The Morgan fingerprint density at radius 2 is 1.33 bits per heavy atom. The van der Waals surface area contributed by atoms with Gasteiger partial charge in [-0.2, -0.15) is 0 Å². The van der Waals surface area contributed by atoms with Crippen LogP contribution in [-0.4, -0.2) is 11.6 Å². The molecule has 0 aromatic heterocycles.